The van der Waals surface area contributed by atoms with Crippen molar-refractivity contribution < 1.29 is 27.9 Å². The molecule has 0 aliphatic rings. The fourth-order valence-electron chi connectivity index (χ4n) is 1.47. The molecule has 19 heavy (non-hydrogen) atoms. The zero-order valence-corrected chi connectivity index (χ0v) is 9.99. The minimum Gasteiger partial charge on any atom is -0.480 e. The molecular formula is C12H12F3NO3. The van der Waals surface area contributed by atoms with Crippen LogP contribution in [0.2, 0.25) is 0 Å². The van der Waals surface area contributed by atoms with Crippen molar-refractivity contribution in [3.05, 3.63) is 35.1 Å². The maximum absolute atomic E-state index is 13.0. The number of hydrogen-bond acceptors (Lipinski definition) is 2. The van der Waals surface area contributed by atoms with E-state index < -0.39 is 36.6 Å². The van der Waals surface area contributed by atoms with E-state index >= 15 is 0 Å². The number of carbonyl (C=O) groups excluding carboxylic acids is 1. The Morgan fingerprint density at radius 1 is 1.37 bits per heavy atom. The van der Waals surface area contributed by atoms with Crippen LogP contribution in [0.4, 0.5) is 13.2 Å². The topological polar surface area (TPSA) is 66.4 Å². The number of carboxylic acids is 1. The van der Waals surface area contributed by atoms with Gasteiger partial charge in [0.2, 0.25) is 6.43 Å². The number of aliphatic carboxylic acids is 1. The largest absolute Gasteiger partial charge is 0.480 e. The van der Waals surface area contributed by atoms with Gasteiger partial charge in [-0.05, 0) is 24.6 Å². The first-order valence-corrected chi connectivity index (χ1v) is 5.39. The summed E-state index contributed by atoms with van der Waals surface area (Å²) in [6, 6.07) is 1.69. The summed E-state index contributed by atoms with van der Waals surface area (Å²) in [4.78, 5) is 22.5. The zero-order chi connectivity index (χ0) is 14.6. The Bertz CT molecular complexity index is 491. The van der Waals surface area contributed by atoms with Crippen molar-refractivity contribution in [1.82, 2.24) is 5.32 Å². The lowest BCUT2D eigenvalue weighted by molar-refractivity contribution is -0.140. The van der Waals surface area contributed by atoms with Crippen LogP contribution in [0.1, 0.15) is 22.3 Å². The molecule has 0 fully saturated rings. The van der Waals surface area contributed by atoms with Crippen LogP contribution >= 0.6 is 0 Å². The third-order valence-corrected chi connectivity index (χ3v) is 2.46. The maximum atomic E-state index is 13.0. The van der Waals surface area contributed by atoms with E-state index in [9.17, 15) is 22.8 Å². The van der Waals surface area contributed by atoms with Crippen molar-refractivity contribution in [3.8, 4) is 0 Å². The molecule has 0 saturated carbocycles. The summed E-state index contributed by atoms with van der Waals surface area (Å²) in [5, 5.41) is 10.7. The van der Waals surface area contributed by atoms with Crippen molar-refractivity contribution >= 4 is 11.9 Å². The third kappa shape index (κ3) is 4.27. The fourth-order valence-corrected chi connectivity index (χ4v) is 1.47. The lowest BCUT2D eigenvalue weighted by Gasteiger charge is -2.15. The van der Waals surface area contributed by atoms with Gasteiger partial charge in [0.15, 0.2) is 0 Å². The Hall–Kier alpha value is -2.05. The number of alkyl halides is 2. The molecule has 1 rings (SSSR count). The van der Waals surface area contributed by atoms with Crippen LogP contribution in [0.5, 0.6) is 0 Å². The highest BCUT2D eigenvalue weighted by molar-refractivity contribution is 5.97. The number of halogens is 3. The molecule has 1 aromatic rings. The molecule has 0 bridgehead atoms. The standard InChI is InChI=1S/C12H12F3NO3/c1-6-2-3-7(13)4-8(6)11(17)16-9(12(18)19)5-10(14)15/h2-4,9-10H,5H2,1H3,(H,16,17)(H,18,19). The predicted molar refractivity (Wildman–Crippen MR) is 60.6 cm³/mol. The van der Waals surface area contributed by atoms with Crippen LogP contribution in [-0.4, -0.2) is 29.5 Å². The summed E-state index contributed by atoms with van der Waals surface area (Å²) >= 11 is 0. The van der Waals surface area contributed by atoms with Gasteiger partial charge in [-0.15, -0.1) is 0 Å². The number of hydrogen-bond donors (Lipinski definition) is 2. The molecule has 4 nitrogen and oxygen atoms in total. The Morgan fingerprint density at radius 2 is 2.00 bits per heavy atom. The zero-order valence-electron chi connectivity index (χ0n) is 9.99. The quantitative estimate of drug-likeness (QED) is 0.863. The highest BCUT2D eigenvalue weighted by atomic mass is 19.3. The van der Waals surface area contributed by atoms with Crippen LogP contribution in [0.3, 0.4) is 0 Å². The van der Waals surface area contributed by atoms with Crippen molar-refractivity contribution in [3.63, 3.8) is 0 Å². The first-order chi connectivity index (χ1) is 8.81. The SMILES string of the molecule is Cc1ccc(F)cc1C(=O)NC(CC(F)F)C(=O)O. The van der Waals surface area contributed by atoms with Crippen LogP contribution in [0.15, 0.2) is 18.2 Å². The van der Waals surface area contributed by atoms with Crippen LogP contribution in [-0.2, 0) is 4.79 Å². The van der Waals surface area contributed by atoms with Gasteiger partial charge in [0.05, 0.1) is 0 Å². The normalized spacial score (nSPS) is 12.3. The second-order valence-electron chi connectivity index (χ2n) is 3.95. The van der Waals surface area contributed by atoms with E-state index in [4.69, 9.17) is 5.11 Å². The van der Waals surface area contributed by atoms with E-state index in [-0.39, 0.29) is 5.56 Å². The van der Waals surface area contributed by atoms with Gasteiger partial charge in [-0.1, -0.05) is 6.07 Å². The van der Waals surface area contributed by atoms with E-state index in [1.807, 2.05) is 5.32 Å². The van der Waals surface area contributed by atoms with E-state index in [0.29, 0.717) is 5.56 Å². The second kappa shape index (κ2) is 6.21. The molecule has 0 aliphatic carbocycles. The number of carbonyl (C=O) groups is 2. The monoisotopic (exact) mass is 275 g/mol. The fraction of sp³-hybridized carbons (Fsp3) is 0.333. The summed E-state index contributed by atoms with van der Waals surface area (Å²) in [6.07, 6.45) is -3.87. The Labute approximate surface area is 107 Å². The number of aryl methyl sites for hydroxylation is 1. The predicted octanol–water partition coefficient (Wildman–Crippen LogP) is 1.97. The van der Waals surface area contributed by atoms with Crippen molar-refractivity contribution in [2.45, 2.75) is 25.8 Å². The molecule has 7 heteroatoms. The number of amides is 1. The van der Waals surface area contributed by atoms with Gasteiger partial charge in [-0.25, -0.2) is 18.0 Å². The lowest BCUT2D eigenvalue weighted by Crippen LogP contribution is -2.42. The summed E-state index contributed by atoms with van der Waals surface area (Å²) < 4.78 is 37.3. The Balaban J connectivity index is 2.87. The second-order valence-corrected chi connectivity index (χ2v) is 3.95. The number of rotatable bonds is 5. The number of carboxylic acid groups (broad SMARTS) is 1. The average molecular weight is 275 g/mol. The molecule has 0 heterocycles. The lowest BCUT2D eigenvalue weighted by atomic mass is 10.1. The first-order valence-electron chi connectivity index (χ1n) is 5.39. The summed E-state index contributed by atoms with van der Waals surface area (Å²) in [6.45, 7) is 1.53. The van der Waals surface area contributed by atoms with E-state index in [1.54, 1.807) is 0 Å². The average Bonchev–Trinajstić information content (AvgIpc) is 2.30. The molecular weight excluding hydrogens is 263 g/mol. The van der Waals surface area contributed by atoms with Crippen molar-refractivity contribution in [2.24, 2.45) is 0 Å². The number of benzene rings is 1. The molecule has 0 radical (unpaired) electrons. The van der Waals surface area contributed by atoms with Gasteiger partial charge in [-0.2, -0.15) is 0 Å². The van der Waals surface area contributed by atoms with Gasteiger partial charge >= 0.3 is 5.97 Å². The van der Waals surface area contributed by atoms with Crippen molar-refractivity contribution in [2.75, 3.05) is 0 Å². The molecule has 1 aromatic carbocycles. The minimum absolute atomic E-state index is 0.0829. The molecule has 2 N–H and O–H groups in total. The highest BCUT2D eigenvalue weighted by Gasteiger charge is 2.25. The van der Waals surface area contributed by atoms with Crippen LogP contribution in [0, 0.1) is 12.7 Å². The number of nitrogens with one attached hydrogen (secondary N) is 1. The minimum atomic E-state index is -2.87. The molecule has 1 amide bonds. The van der Waals surface area contributed by atoms with E-state index in [1.165, 1.54) is 13.0 Å². The van der Waals surface area contributed by atoms with Gasteiger partial charge in [0, 0.05) is 12.0 Å². The van der Waals surface area contributed by atoms with Gasteiger partial charge < -0.3 is 10.4 Å². The van der Waals surface area contributed by atoms with Crippen molar-refractivity contribution in [1.29, 1.82) is 0 Å². The first kappa shape index (κ1) is 15.0. The summed E-state index contributed by atoms with van der Waals surface area (Å²) in [7, 11) is 0. The van der Waals surface area contributed by atoms with Gasteiger partial charge in [0.25, 0.3) is 5.91 Å². The van der Waals surface area contributed by atoms with Crippen LogP contribution < -0.4 is 5.32 Å². The smallest absolute Gasteiger partial charge is 0.326 e. The molecule has 0 spiro atoms. The summed E-state index contributed by atoms with van der Waals surface area (Å²) in [5.41, 5.74) is 0.334. The molecule has 104 valence electrons. The molecule has 0 saturated heterocycles. The third-order valence-electron chi connectivity index (χ3n) is 2.46. The molecule has 1 unspecified atom stereocenters. The van der Waals surface area contributed by atoms with Gasteiger partial charge in [0.1, 0.15) is 11.9 Å². The molecule has 1 atom stereocenters. The van der Waals surface area contributed by atoms with E-state index in [0.717, 1.165) is 12.1 Å². The molecule has 0 aliphatic heterocycles. The molecule has 0 aromatic heterocycles. The van der Waals surface area contributed by atoms with Gasteiger partial charge in [-0.3, -0.25) is 4.79 Å². The van der Waals surface area contributed by atoms with Crippen LogP contribution in [0.25, 0.3) is 0 Å². The Kier molecular flexibility index (Phi) is 4.91. The maximum Gasteiger partial charge on any atom is 0.326 e. The highest BCUT2D eigenvalue weighted by Crippen LogP contribution is 2.11. The summed E-state index contributed by atoms with van der Waals surface area (Å²) in [5.74, 6) is -3.13. The van der Waals surface area contributed by atoms with E-state index in [2.05, 4.69) is 0 Å². The Morgan fingerprint density at radius 3 is 2.53 bits per heavy atom.